The van der Waals surface area contributed by atoms with Gasteiger partial charge in [0.2, 0.25) is 0 Å². The van der Waals surface area contributed by atoms with Gasteiger partial charge in [0.05, 0.1) is 15.9 Å². The maximum Gasteiger partial charge on any atom is 0.0738 e. The summed E-state index contributed by atoms with van der Waals surface area (Å²) in [5.74, 6) is 6.43. The molecule has 0 bridgehead atoms. The highest BCUT2D eigenvalue weighted by atomic mass is 79.9. The van der Waals surface area contributed by atoms with E-state index in [1.165, 1.54) is 12.1 Å². The van der Waals surface area contributed by atoms with Crippen LogP contribution in [0.5, 0.6) is 0 Å². The lowest BCUT2D eigenvalue weighted by Gasteiger charge is -2.26. The van der Waals surface area contributed by atoms with E-state index < -0.39 is 0 Å². The van der Waals surface area contributed by atoms with Crippen molar-refractivity contribution in [2.75, 3.05) is 0 Å². The Morgan fingerprint density at radius 2 is 2.00 bits per heavy atom. The molecule has 0 aliphatic rings. The fraction of sp³-hybridized carbons (Fsp3) is 0.812. The predicted molar refractivity (Wildman–Crippen MR) is 93.0 cm³/mol. The van der Waals surface area contributed by atoms with E-state index in [4.69, 9.17) is 5.84 Å². The second-order valence-electron chi connectivity index (χ2n) is 7.34. The SMILES string of the molecule is CCn1nc(C)c(Br)c1CC(CC(C)CC(C)(C)C)NN. The van der Waals surface area contributed by atoms with Crippen LogP contribution >= 0.6 is 15.9 Å². The molecule has 0 fully saturated rings. The minimum absolute atomic E-state index is 0.278. The number of nitrogens with zero attached hydrogens (tertiary/aromatic N) is 2. The average molecular weight is 359 g/mol. The minimum Gasteiger partial charge on any atom is -0.271 e. The zero-order valence-electron chi connectivity index (χ0n) is 14.3. The molecule has 2 unspecified atom stereocenters. The number of aromatic nitrogens is 2. The van der Waals surface area contributed by atoms with Gasteiger partial charge in [-0.25, -0.2) is 0 Å². The maximum absolute atomic E-state index is 5.79. The average Bonchev–Trinajstić information content (AvgIpc) is 2.63. The van der Waals surface area contributed by atoms with Crippen molar-refractivity contribution in [3.05, 3.63) is 15.9 Å². The largest absolute Gasteiger partial charge is 0.271 e. The Kier molecular flexibility index (Phi) is 6.88. The van der Waals surface area contributed by atoms with Crippen LogP contribution in [-0.4, -0.2) is 15.8 Å². The molecule has 5 heteroatoms. The quantitative estimate of drug-likeness (QED) is 0.575. The maximum atomic E-state index is 5.79. The lowest BCUT2D eigenvalue weighted by atomic mass is 9.82. The van der Waals surface area contributed by atoms with Crippen LogP contribution < -0.4 is 11.3 Å². The fourth-order valence-electron chi connectivity index (χ4n) is 3.12. The third-order valence-corrected chi connectivity index (χ3v) is 4.81. The summed E-state index contributed by atoms with van der Waals surface area (Å²) in [6.45, 7) is 14.2. The Morgan fingerprint density at radius 1 is 1.38 bits per heavy atom. The molecule has 1 heterocycles. The van der Waals surface area contributed by atoms with Gasteiger partial charge in [-0.15, -0.1) is 0 Å². The monoisotopic (exact) mass is 358 g/mol. The summed E-state index contributed by atoms with van der Waals surface area (Å²) < 4.78 is 3.19. The molecule has 0 aliphatic heterocycles. The zero-order chi connectivity index (χ0) is 16.2. The van der Waals surface area contributed by atoms with Gasteiger partial charge in [-0.2, -0.15) is 5.10 Å². The molecule has 4 nitrogen and oxygen atoms in total. The van der Waals surface area contributed by atoms with Crippen molar-refractivity contribution in [1.82, 2.24) is 15.2 Å². The Bertz CT molecular complexity index is 448. The second-order valence-corrected chi connectivity index (χ2v) is 8.13. The summed E-state index contributed by atoms with van der Waals surface area (Å²) in [6.07, 6.45) is 3.19. The van der Waals surface area contributed by atoms with Crippen LogP contribution in [0, 0.1) is 18.3 Å². The van der Waals surface area contributed by atoms with Gasteiger partial charge in [0, 0.05) is 19.0 Å². The molecule has 0 aliphatic carbocycles. The van der Waals surface area contributed by atoms with Crippen LogP contribution in [0.25, 0.3) is 0 Å². The van der Waals surface area contributed by atoms with Crippen LogP contribution in [0.15, 0.2) is 4.47 Å². The molecule has 1 aromatic rings. The van der Waals surface area contributed by atoms with E-state index in [1.807, 2.05) is 6.92 Å². The molecule has 3 N–H and O–H groups in total. The molecule has 2 atom stereocenters. The number of halogens is 1. The molecular weight excluding hydrogens is 328 g/mol. The number of nitrogens with two attached hydrogens (primary N) is 1. The van der Waals surface area contributed by atoms with Crippen molar-refractivity contribution in [3.63, 3.8) is 0 Å². The lowest BCUT2D eigenvalue weighted by Crippen LogP contribution is -2.39. The van der Waals surface area contributed by atoms with E-state index in [9.17, 15) is 0 Å². The van der Waals surface area contributed by atoms with Gasteiger partial charge < -0.3 is 0 Å². The normalized spacial score (nSPS) is 15.2. The van der Waals surface area contributed by atoms with Gasteiger partial charge in [0.1, 0.15) is 0 Å². The first kappa shape index (κ1) is 18.7. The van der Waals surface area contributed by atoms with Gasteiger partial charge >= 0.3 is 0 Å². The number of hydrogen-bond donors (Lipinski definition) is 2. The summed E-state index contributed by atoms with van der Waals surface area (Å²) in [7, 11) is 0. The van der Waals surface area contributed by atoms with E-state index in [1.54, 1.807) is 0 Å². The Hall–Kier alpha value is -0.390. The van der Waals surface area contributed by atoms with Crippen LogP contribution in [0.1, 0.15) is 58.8 Å². The molecule has 1 rings (SSSR count). The van der Waals surface area contributed by atoms with Crippen molar-refractivity contribution in [1.29, 1.82) is 0 Å². The van der Waals surface area contributed by atoms with Gasteiger partial charge in [-0.05, 0) is 54.0 Å². The summed E-state index contributed by atoms with van der Waals surface area (Å²) in [4.78, 5) is 0. The predicted octanol–water partition coefficient (Wildman–Crippen LogP) is 3.81. The first-order valence-electron chi connectivity index (χ1n) is 7.85. The molecule has 0 saturated heterocycles. The fourth-order valence-corrected chi connectivity index (χ4v) is 3.57. The summed E-state index contributed by atoms with van der Waals surface area (Å²) >= 11 is 3.66. The molecule has 0 radical (unpaired) electrons. The Labute approximate surface area is 138 Å². The zero-order valence-corrected chi connectivity index (χ0v) is 15.9. The standard InChI is InChI=1S/C16H31BrN4/c1-7-21-14(15(17)12(3)20-21)9-13(19-18)8-11(2)10-16(4,5)6/h11,13,19H,7-10,18H2,1-6H3. The van der Waals surface area contributed by atoms with Crippen LogP contribution in [0.3, 0.4) is 0 Å². The van der Waals surface area contributed by atoms with E-state index in [2.05, 4.69) is 65.8 Å². The molecule has 0 amide bonds. The third kappa shape index (κ3) is 5.72. The topological polar surface area (TPSA) is 55.9 Å². The summed E-state index contributed by atoms with van der Waals surface area (Å²) in [5.41, 5.74) is 5.64. The van der Waals surface area contributed by atoms with Crippen molar-refractivity contribution in [3.8, 4) is 0 Å². The molecule has 0 spiro atoms. The first-order valence-corrected chi connectivity index (χ1v) is 8.65. The molecule has 21 heavy (non-hydrogen) atoms. The van der Waals surface area contributed by atoms with Crippen LogP contribution in [-0.2, 0) is 13.0 Å². The van der Waals surface area contributed by atoms with Crippen molar-refractivity contribution in [2.24, 2.45) is 17.2 Å². The molecule has 0 saturated carbocycles. The molecular formula is C16H31BrN4. The second kappa shape index (κ2) is 7.75. The Balaban J connectivity index is 2.74. The molecule has 0 aromatic carbocycles. The summed E-state index contributed by atoms with van der Waals surface area (Å²) in [6, 6.07) is 0.278. The third-order valence-electron chi connectivity index (χ3n) is 3.78. The number of hydrogen-bond acceptors (Lipinski definition) is 3. The van der Waals surface area contributed by atoms with E-state index in [-0.39, 0.29) is 6.04 Å². The number of hydrazine groups is 1. The van der Waals surface area contributed by atoms with E-state index >= 15 is 0 Å². The first-order chi connectivity index (χ1) is 9.67. The van der Waals surface area contributed by atoms with Crippen molar-refractivity contribution >= 4 is 15.9 Å². The van der Waals surface area contributed by atoms with Crippen LogP contribution in [0.2, 0.25) is 0 Å². The van der Waals surface area contributed by atoms with Crippen molar-refractivity contribution in [2.45, 2.75) is 73.4 Å². The van der Waals surface area contributed by atoms with Gasteiger partial charge in [0.25, 0.3) is 0 Å². The number of rotatable bonds is 7. The van der Waals surface area contributed by atoms with Gasteiger partial charge in [-0.1, -0.05) is 27.7 Å². The van der Waals surface area contributed by atoms with E-state index in [0.29, 0.717) is 11.3 Å². The summed E-state index contributed by atoms with van der Waals surface area (Å²) in [5, 5.41) is 4.56. The Morgan fingerprint density at radius 3 is 2.48 bits per heavy atom. The van der Waals surface area contributed by atoms with Gasteiger partial charge in [0.15, 0.2) is 0 Å². The lowest BCUT2D eigenvalue weighted by molar-refractivity contribution is 0.273. The number of nitrogens with one attached hydrogen (secondary N) is 1. The molecule has 1 aromatic heterocycles. The minimum atomic E-state index is 0.278. The van der Waals surface area contributed by atoms with Crippen LogP contribution in [0.4, 0.5) is 0 Å². The molecule has 122 valence electrons. The van der Waals surface area contributed by atoms with Crippen molar-refractivity contribution < 1.29 is 0 Å². The number of aryl methyl sites for hydroxylation is 2. The highest BCUT2D eigenvalue weighted by Crippen LogP contribution is 2.28. The highest BCUT2D eigenvalue weighted by Gasteiger charge is 2.21. The van der Waals surface area contributed by atoms with Gasteiger partial charge in [-0.3, -0.25) is 16.0 Å². The highest BCUT2D eigenvalue weighted by molar-refractivity contribution is 9.10. The van der Waals surface area contributed by atoms with E-state index in [0.717, 1.165) is 29.6 Å². The smallest absolute Gasteiger partial charge is 0.0738 e.